The molecule has 1 aromatic carbocycles. The van der Waals surface area contributed by atoms with E-state index in [1.807, 2.05) is 39.0 Å². The van der Waals surface area contributed by atoms with E-state index in [1.54, 1.807) is 23.1 Å². The number of carbonyl (C=O) groups excluding carboxylic acids is 1. The summed E-state index contributed by atoms with van der Waals surface area (Å²) < 4.78 is 11.8. The standard InChI is InChI=1S/C45H57N9O5/c1-26(2)41(44(57)54-24-33(55)19-27(54)3)39-21-40(51-59-39)58-25-29-13-16-52(17-14-29)32-11-9-30(10-12-32)31-22-46-45(47-23-31)53-18-15-36-42(28(53)4)35-20-37(49-50-43(35)48-36)34-7-5-6-8-38(34)56/h5-8,20-23,26-30,32-33,41,55-56H,9-19,24-25H2,1-4H3,(H,48,50)/t27-,28-,30-,32-,33-,41-/m1/s1. The summed E-state index contributed by atoms with van der Waals surface area (Å²) in [6.07, 6.45) is 11.9. The van der Waals surface area contributed by atoms with Crippen molar-refractivity contribution >= 4 is 22.9 Å². The number of anilines is 1. The Morgan fingerprint density at radius 1 is 1.00 bits per heavy atom. The largest absolute Gasteiger partial charge is 0.507 e. The number of H-pyrrole nitrogens is 1. The first kappa shape index (κ1) is 39.4. The van der Waals surface area contributed by atoms with Gasteiger partial charge in [-0.1, -0.05) is 26.0 Å². The molecule has 7 heterocycles. The molecule has 3 fully saturated rings. The highest BCUT2D eigenvalue weighted by molar-refractivity contribution is 5.86. The van der Waals surface area contributed by atoms with Crippen LogP contribution in [-0.2, 0) is 11.2 Å². The van der Waals surface area contributed by atoms with Crippen molar-refractivity contribution in [1.29, 1.82) is 0 Å². The van der Waals surface area contributed by atoms with Crippen molar-refractivity contribution in [3.8, 4) is 22.9 Å². The number of phenols is 1. The molecule has 5 aromatic rings. The number of fused-ring (bicyclic) bond motifs is 3. The van der Waals surface area contributed by atoms with Crippen molar-refractivity contribution in [3.63, 3.8) is 0 Å². The number of nitrogens with zero attached hydrogens (tertiary/aromatic N) is 8. The smallest absolute Gasteiger partial charge is 0.254 e. The van der Waals surface area contributed by atoms with E-state index in [4.69, 9.17) is 19.2 Å². The number of rotatable bonds is 10. The Balaban J connectivity index is 0.750. The summed E-state index contributed by atoms with van der Waals surface area (Å²) in [4.78, 5) is 33.5. The number of phenolic OH excluding ortho intramolecular Hbond substituents is 1. The number of hydrogen-bond acceptors (Lipinski definition) is 12. The molecule has 3 N–H and O–H groups in total. The number of aliphatic hydroxyl groups excluding tert-OH is 1. The summed E-state index contributed by atoms with van der Waals surface area (Å²) >= 11 is 0. The minimum absolute atomic E-state index is 0.00370. The SMILES string of the molecule is CC(C)[C@@H](C(=O)N1C[C@H](O)C[C@H]1C)c1cc(OCC2CCN([C@H]3CC[C@H](c4cnc(N5CCc6[nH]c7nnc(-c8ccccc8O)cc7c6[C@H]5C)nc4)CC3)CC2)no1. The van der Waals surface area contributed by atoms with Gasteiger partial charge in [0, 0.05) is 72.3 Å². The number of aromatic hydroxyl groups is 1. The van der Waals surface area contributed by atoms with Gasteiger partial charge in [-0.25, -0.2) is 9.97 Å². The van der Waals surface area contributed by atoms with Gasteiger partial charge in [0.1, 0.15) is 11.7 Å². The third-order valence-electron chi connectivity index (χ3n) is 13.6. The Labute approximate surface area is 345 Å². The molecule has 0 radical (unpaired) electrons. The van der Waals surface area contributed by atoms with Crippen LogP contribution in [0.1, 0.15) is 113 Å². The number of para-hydroxylation sites is 1. The van der Waals surface area contributed by atoms with Gasteiger partial charge in [-0.15, -0.1) is 10.2 Å². The first-order chi connectivity index (χ1) is 28.6. The zero-order chi connectivity index (χ0) is 40.8. The van der Waals surface area contributed by atoms with Crippen LogP contribution in [0.15, 0.2) is 53.3 Å². The van der Waals surface area contributed by atoms with Crippen LogP contribution >= 0.6 is 0 Å². The van der Waals surface area contributed by atoms with Crippen molar-refractivity contribution in [1.82, 2.24) is 40.1 Å². The molecule has 14 nitrogen and oxygen atoms in total. The summed E-state index contributed by atoms with van der Waals surface area (Å²) in [6, 6.07) is 11.7. The third kappa shape index (κ3) is 7.88. The fraction of sp³-hybridized carbons (Fsp3) is 0.556. The second-order valence-electron chi connectivity index (χ2n) is 17.8. The monoisotopic (exact) mass is 803 g/mol. The number of likely N-dealkylation sites (tertiary alicyclic amines) is 2. The molecular weight excluding hydrogens is 747 g/mol. The minimum atomic E-state index is -0.477. The first-order valence-electron chi connectivity index (χ1n) is 21.7. The zero-order valence-corrected chi connectivity index (χ0v) is 34.6. The Hall–Kier alpha value is -5.08. The highest BCUT2D eigenvalue weighted by Gasteiger charge is 2.39. The lowest BCUT2D eigenvalue weighted by Crippen LogP contribution is -2.43. The van der Waals surface area contributed by atoms with E-state index in [0.29, 0.717) is 60.3 Å². The lowest BCUT2D eigenvalue weighted by atomic mass is 9.81. The van der Waals surface area contributed by atoms with Crippen LogP contribution in [0.5, 0.6) is 11.6 Å². The van der Waals surface area contributed by atoms with Crippen LogP contribution < -0.4 is 9.64 Å². The van der Waals surface area contributed by atoms with Gasteiger partial charge in [0.25, 0.3) is 5.88 Å². The number of aliphatic hydroxyl groups is 1. The molecule has 4 aliphatic rings. The van der Waals surface area contributed by atoms with Gasteiger partial charge in [-0.05, 0) is 119 Å². The average molecular weight is 804 g/mol. The van der Waals surface area contributed by atoms with Crippen molar-refractivity contribution in [2.24, 2.45) is 11.8 Å². The second-order valence-corrected chi connectivity index (χ2v) is 17.8. The van der Waals surface area contributed by atoms with E-state index in [-0.39, 0.29) is 29.7 Å². The zero-order valence-electron chi connectivity index (χ0n) is 34.6. The maximum Gasteiger partial charge on any atom is 0.254 e. The Kier molecular flexibility index (Phi) is 11.0. The van der Waals surface area contributed by atoms with Gasteiger partial charge in [-0.2, -0.15) is 0 Å². The number of aromatic amines is 1. The number of aromatic nitrogens is 6. The fourth-order valence-electron chi connectivity index (χ4n) is 10.3. The van der Waals surface area contributed by atoms with Gasteiger partial charge in [0.2, 0.25) is 11.9 Å². The second kappa shape index (κ2) is 16.5. The number of β-amino-alcohol motifs (C(OH)–C–C–N with tert-alkyl or cyclic N) is 1. The van der Waals surface area contributed by atoms with Crippen LogP contribution in [0.4, 0.5) is 5.95 Å². The maximum atomic E-state index is 13.5. The summed E-state index contributed by atoms with van der Waals surface area (Å²) in [5.74, 6) is 2.37. The summed E-state index contributed by atoms with van der Waals surface area (Å²) in [6.45, 7) is 12.1. The van der Waals surface area contributed by atoms with Crippen LogP contribution in [-0.4, -0.2) is 107 Å². The van der Waals surface area contributed by atoms with Gasteiger partial charge in [0.05, 0.1) is 24.4 Å². The maximum absolute atomic E-state index is 13.5. The molecule has 14 heteroatoms. The number of nitrogens with one attached hydrogen (secondary N) is 1. The van der Waals surface area contributed by atoms with Crippen molar-refractivity contribution < 1.29 is 24.3 Å². The van der Waals surface area contributed by atoms with E-state index in [0.717, 1.165) is 68.7 Å². The summed E-state index contributed by atoms with van der Waals surface area (Å²) in [5, 5.41) is 34.6. The predicted octanol–water partition coefficient (Wildman–Crippen LogP) is 6.77. The topological polar surface area (TPSA) is 170 Å². The summed E-state index contributed by atoms with van der Waals surface area (Å²) in [5.41, 5.74) is 5.65. The lowest BCUT2D eigenvalue weighted by molar-refractivity contribution is -0.135. The fourth-order valence-corrected chi connectivity index (χ4v) is 10.3. The molecule has 1 amide bonds. The van der Waals surface area contributed by atoms with E-state index in [2.05, 4.69) is 49.5 Å². The van der Waals surface area contributed by atoms with Gasteiger partial charge in [0.15, 0.2) is 11.4 Å². The van der Waals surface area contributed by atoms with Crippen molar-refractivity contribution in [3.05, 3.63) is 71.4 Å². The van der Waals surface area contributed by atoms with Crippen LogP contribution in [0, 0.1) is 11.8 Å². The molecule has 4 aromatic heterocycles. The lowest BCUT2D eigenvalue weighted by Gasteiger charge is -2.40. The molecule has 0 bridgehead atoms. The molecule has 4 atom stereocenters. The van der Waals surface area contributed by atoms with E-state index < -0.39 is 12.0 Å². The van der Waals surface area contributed by atoms with E-state index >= 15 is 0 Å². The average Bonchev–Trinajstić information content (AvgIpc) is 3.96. The van der Waals surface area contributed by atoms with Crippen LogP contribution in [0.2, 0.25) is 0 Å². The number of carbonyl (C=O) groups is 1. The van der Waals surface area contributed by atoms with Crippen molar-refractivity contribution in [2.45, 2.75) is 115 Å². The molecule has 59 heavy (non-hydrogen) atoms. The molecule has 0 unspecified atom stereocenters. The molecule has 3 aliphatic heterocycles. The van der Waals surface area contributed by atoms with E-state index in [9.17, 15) is 15.0 Å². The number of ether oxygens (including phenoxy) is 1. The van der Waals surface area contributed by atoms with Crippen LogP contribution in [0.3, 0.4) is 0 Å². The molecule has 1 aliphatic carbocycles. The minimum Gasteiger partial charge on any atom is -0.507 e. The highest BCUT2D eigenvalue weighted by Crippen LogP contribution is 2.40. The van der Waals surface area contributed by atoms with Gasteiger partial charge < -0.3 is 39.2 Å². The highest BCUT2D eigenvalue weighted by atomic mass is 16.5. The Morgan fingerprint density at radius 3 is 2.47 bits per heavy atom. The first-order valence-corrected chi connectivity index (χ1v) is 21.7. The third-order valence-corrected chi connectivity index (χ3v) is 13.6. The molecule has 0 spiro atoms. The van der Waals surface area contributed by atoms with Crippen molar-refractivity contribution in [2.75, 3.05) is 37.7 Å². The van der Waals surface area contributed by atoms with Gasteiger partial charge >= 0.3 is 0 Å². The predicted molar refractivity (Wildman–Crippen MR) is 223 cm³/mol. The number of hydrogen-bond donors (Lipinski definition) is 3. The number of amides is 1. The molecule has 1 saturated carbocycles. The van der Waals surface area contributed by atoms with Gasteiger partial charge in [-0.3, -0.25) is 4.79 Å². The summed E-state index contributed by atoms with van der Waals surface area (Å²) in [7, 11) is 0. The van der Waals surface area contributed by atoms with Crippen LogP contribution in [0.25, 0.3) is 22.3 Å². The molecule has 312 valence electrons. The molecular formula is C45H57N9O5. The molecule has 9 rings (SSSR count). The van der Waals surface area contributed by atoms with E-state index in [1.165, 1.54) is 29.7 Å². The number of piperidine rings is 1. The quantitative estimate of drug-likeness (QED) is 0.136. The number of benzene rings is 1. The molecule has 2 saturated heterocycles. The Bertz CT molecular complexity index is 2240. The Morgan fingerprint density at radius 2 is 1.76 bits per heavy atom. The normalized spacial score (nSPS) is 24.8.